The Bertz CT molecular complexity index is 1160. The van der Waals surface area contributed by atoms with Gasteiger partial charge in [0.05, 0.1) is 10.6 Å². The van der Waals surface area contributed by atoms with Crippen LogP contribution in [-0.2, 0) is 24.3 Å². The van der Waals surface area contributed by atoms with E-state index in [0.717, 1.165) is 12.1 Å². The molecule has 0 saturated heterocycles. The summed E-state index contributed by atoms with van der Waals surface area (Å²) in [6, 6.07) is 5.29. The van der Waals surface area contributed by atoms with Crippen molar-refractivity contribution >= 4 is 27.6 Å². The van der Waals surface area contributed by atoms with E-state index in [0.29, 0.717) is 18.4 Å². The molecule has 0 aliphatic carbocycles. The van der Waals surface area contributed by atoms with Crippen LogP contribution in [0.25, 0.3) is 0 Å². The number of amides is 1. The molecule has 1 aliphatic heterocycles. The van der Waals surface area contributed by atoms with Crippen molar-refractivity contribution in [1.82, 2.24) is 4.72 Å². The minimum atomic E-state index is -4.15. The smallest absolute Gasteiger partial charge is 0.324 e. The number of carbonyl (C=O) groups is 2. The van der Waals surface area contributed by atoms with Crippen LogP contribution < -0.4 is 19.5 Å². The third kappa shape index (κ3) is 6.17. The molecule has 2 aromatic rings. The molecule has 178 valence electrons. The van der Waals surface area contributed by atoms with Crippen LogP contribution in [0.4, 0.5) is 14.5 Å². The van der Waals surface area contributed by atoms with Crippen molar-refractivity contribution < 1.29 is 41.0 Å². The highest BCUT2D eigenvalue weighted by atomic mass is 32.2. The van der Waals surface area contributed by atoms with Crippen LogP contribution in [0.2, 0.25) is 0 Å². The van der Waals surface area contributed by atoms with Crippen molar-refractivity contribution in [3.05, 3.63) is 48.0 Å². The molecule has 0 bridgehead atoms. The Balaban J connectivity index is 1.64. The van der Waals surface area contributed by atoms with Crippen LogP contribution in [0.15, 0.2) is 41.3 Å². The second-order valence-corrected chi connectivity index (χ2v) is 9.14. The van der Waals surface area contributed by atoms with Gasteiger partial charge in [-0.1, -0.05) is 13.8 Å². The van der Waals surface area contributed by atoms with Gasteiger partial charge in [-0.15, -0.1) is 0 Å². The molecule has 1 heterocycles. The summed E-state index contributed by atoms with van der Waals surface area (Å²) in [4.78, 5) is 24.3. The molecule has 12 heteroatoms. The maximum absolute atomic E-state index is 13.6. The highest BCUT2D eigenvalue weighted by Gasteiger charge is 2.31. The number of fused-ring (bicyclic) bond motifs is 1. The molecule has 0 aromatic heterocycles. The molecule has 1 amide bonds. The van der Waals surface area contributed by atoms with Crippen molar-refractivity contribution in [2.24, 2.45) is 5.92 Å². The van der Waals surface area contributed by atoms with Crippen molar-refractivity contribution in [1.29, 1.82) is 0 Å². The van der Waals surface area contributed by atoms with Gasteiger partial charge in [0, 0.05) is 12.1 Å². The van der Waals surface area contributed by atoms with Gasteiger partial charge in [0.2, 0.25) is 10.0 Å². The number of sulfonamides is 1. The lowest BCUT2D eigenvalue weighted by Crippen LogP contribution is -2.45. The van der Waals surface area contributed by atoms with E-state index in [-0.39, 0.29) is 22.9 Å². The molecule has 0 saturated carbocycles. The van der Waals surface area contributed by atoms with Crippen molar-refractivity contribution in [3.63, 3.8) is 0 Å². The Labute approximate surface area is 189 Å². The average Bonchev–Trinajstić information content (AvgIpc) is 2.77. The topological polar surface area (TPSA) is 120 Å². The standard InChI is InChI=1S/C21H22F2N2O7S/c1-12(2)20(21(27)32-11-19(26)24-16-5-3-13(22)9-15(16)23)25-33(28,29)14-4-6-17-18(10-14)31-8-7-30-17/h3-6,9-10,12,20,25H,7-8,11H2,1-2H3,(H,24,26). The average molecular weight is 484 g/mol. The predicted molar refractivity (Wildman–Crippen MR) is 112 cm³/mol. The second-order valence-electron chi connectivity index (χ2n) is 7.43. The number of benzene rings is 2. The van der Waals surface area contributed by atoms with E-state index in [2.05, 4.69) is 10.0 Å². The molecule has 2 N–H and O–H groups in total. The number of hydrogen-bond acceptors (Lipinski definition) is 7. The Morgan fingerprint density at radius 3 is 2.42 bits per heavy atom. The maximum atomic E-state index is 13.6. The number of rotatable bonds is 8. The van der Waals surface area contributed by atoms with E-state index in [1.807, 2.05) is 0 Å². The number of nitrogens with one attached hydrogen (secondary N) is 2. The Hall–Kier alpha value is -3.25. The van der Waals surface area contributed by atoms with Gasteiger partial charge < -0.3 is 19.5 Å². The van der Waals surface area contributed by atoms with E-state index in [1.165, 1.54) is 18.2 Å². The van der Waals surface area contributed by atoms with Gasteiger partial charge in [-0.2, -0.15) is 4.72 Å². The summed E-state index contributed by atoms with van der Waals surface area (Å²) in [6.07, 6.45) is 0. The zero-order valence-corrected chi connectivity index (χ0v) is 18.6. The SMILES string of the molecule is CC(C)C(NS(=O)(=O)c1ccc2c(c1)OCCO2)C(=O)OCC(=O)Nc1ccc(F)cc1F. The molecule has 2 aromatic carbocycles. The molecule has 3 rings (SSSR count). The first kappa shape index (κ1) is 24.4. The molecule has 1 aliphatic rings. The van der Waals surface area contributed by atoms with E-state index in [4.69, 9.17) is 14.2 Å². The number of halogens is 2. The lowest BCUT2D eigenvalue weighted by molar-refractivity contribution is -0.150. The summed E-state index contributed by atoms with van der Waals surface area (Å²) in [5.41, 5.74) is -0.294. The first-order valence-electron chi connectivity index (χ1n) is 9.90. The van der Waals surface area contributed by atoms with Gasteiger partial charge >= 0.3 is 5.97 Å². The molecule has 9 nitrogen and oxygen atoms in total. The molecule has 1 atom stereocenters. The van der Waals surface area contributed by atoms with Crippen LogP contribution in [0, 0.1) is 17.6 Å². The summed E-state index contributed by atoms with van der Waals surface area (Å²) in [7, 11) is -4.15. The third-order valence-electron chi connectivity index (χ3n) is 4.58. The van der Waals surface area contributed by atoms with Gasteiger partial charge in [0.1, 0.15) is 30.9 Å². The lowest BCUT2D eigenvalue weighted by atomic mass is 10.1. The second kappa shape index (κ2) is 10.1. The fourth-order valence-electron chi connectivity index (χ4n) is 2.89. The van der Waals surface area contributed by atoms with E-state index in [1.54, 1.807) is 13.8 Å². The van der Waals surface area contributed by atoms with Gasteiger partial charge in [-0.3, -0.25) is 9.59 Å². The molecule has 0 fully saturated rings. The number of anilines is 1. The monoisotopic (exact) mass is 484 g/mol. The van der Waals surface area contributed by atoms with Crippen LogP contribution in [0.5, 0.6) is 11.5 Å². The highest BCUT2D eigenvalue weighted by Crippen LogP contribution is 2.32. The summed E-state index contributed by atoms with van der Waals surface area (Å²) < 4.78 is 70.2. The van der Waals surface area contributed by atoms with Gasteiger partial charge in [0.15, 0.2) is 18.1 Å². The number of carbonyl (C=O) groups excluding carboxylic acids is 2. The fraction of sp³-hybridized carbons (Fsp3) is 0.333. The molecular weight excluding hydrogens is 462 g/mol. The number of hydrogen-bond donors (Lipinski definition) is 2. The Kier molecular flexibility index (Phi) is 7.49. The Morgan fingerprint density at radius 2 is 1.76 bits per heavy atom. The molecule has 0 radical (unpaired) electrons. The normalized spacial score (nSPS) is 14.0. The van der Waals surface area contributed by atoms with Crippen molar-refractivity contribution in [2.75, 3.05) is 25.1 Å². The van der Waals surface area contributed by atoms with Gasteiger partial charge in [-0.05, 0) is 30.2 Å². The predicted octanol–water partition coefficient (Wildman–Crippen LogP) is 2.22. The van der Waals surface area contributed by atoms with E-state index < -0.39 is 52.1 Å². The van der Waals surface area contributed by atoms with Gasteiger partial charge in [-0.25, -0.2) is 17.2 Å². The quantitative estimate of drug-likeness (QED) is 0.552. The largest absolute Gasteiger partial charge is 0.486 e. The minimum Gasteiger partial charge on any atom is -0.486 e. The van der Waals surface area contributed by atoms with Crippen LogP contribution in [0.3, 0.4) is 0 Å². The van der Waals surface area contributed by atoms with Crippen LogP contribution in [0.1, 0.15) is 13.8 Å². The third-order valence-corrected chi connectivity index (χ3v) is 6.02. The van der Waals surface area contributed by atoms with Crippen LogP contribution >= 0.6 is 0 Å². The van der Waals surface area contributed by atoms with E-state index in [9.17, 15) is 26.8 Å². The molecule has 0 spiro atoms. The van der Waals surface area contributed by atoms with Crippen LogP contribution in [-0.4, -0.2) is 46.2 Å². The van der Waals surface area contributed by atoms with Crippen molar-refractivity contribution in [3.8, 4) is 11.5 Å². The maximum Gasteiger partial charge on any atom is 0.324 e. The number of ether oxygens (including phenoxy) is 3. The summed E-state index contributed by atoms with van der Waals surface area (Å²) in [5.74, 6) is -3.56. The first-order valence-corrected chi connectivity index (χ1v) is 11.4. The zero-order chi connectivity index (χ0) is 24.2. The van der Waals surface area contributed by atoms with Crippen molar-refractivity contribution in [2.45, 2.75) is 24.8 Å². The first-order chi connectivity index (χ1) is 15.6. The highest BCUT2D eigenvalue weighted by molar-refractivity contribution is 7.89. The summed E-state index contributed by atoms with van der Waals surface area (Å²) >= 11 is 0. The lowest BCUT2D eigenvalue weighted by Gasteiger charge is -2.22. The number of esters is 1. The zero-order valence-electron chi connectivity index (χ0n) is 17.8. The summed E-state index contributed by atoms with van der Waals surface area (Å²) in [5, 5.41) is 2.14. The Morgan fingerprint density at radius 1 is 1.06 bits per heavy atom. The van der Waals surface area contributed by atoms with E-state index >= 15 is 0 Å². The fourth-order valence-corrected chi connectivity index (χ4v) is 4.23. The molecular formula is C21H22F2N2O7S. The molecule has 33 heavy (non-hydrogen) atoms. The molecule has 1 unspecified atom stereocenters. The van der Waals surface area contributed by atoms with Gasteiger partial charge in [0.25, 0.3) is 5.91 Å². The minimum absolute atomic E-state index is 0.144. The summed E-state index contributed by atoms with van der Waals surface area (Å²) in [6.45, 7) is 3.00.